The number of nitriles is 1. The Morgan fingerprint density at radius 2 is 1.76 bits per heavy atom. The van der Waals surface area contributed by atoms with Crippen molar-refractivity contribution in [2.75, 3.05) is 26.5 Å². The molecule has 5 nitrogen and oxygen atoms in total. The van der Waals surface area contributed by atoms with E-state index in [2.05, 4.69) is 16.3 Å². The Morgan fingerprint density at radius 1 is 1.03 bits per heavy atom. The van der Waals surface area contributed by atoms with Crippen molar-refractivity contribution in [3.63, 3.8) is 0 Å². The van der Waals surface area contributed by atoms with Crippen molar-refractivity contribution in [3.8, 4) is 22.9 Å². The van der Waals surface area contributed by atoms with Crippen molar-refractivity contribution >= 4 is 11.6 Å². The molecule has 0 aliphatic heterocycles. The summed E-state index contributed by atoms with van der Waals surface area (Å²) in [6.07, 6.45) is 0. The quantitative estimate of drug-likeness (QED) is 0.676. The summed E-state index contributed by atoms with van der Waals surface area (Å²) in [6, 6.07) is 22.5. The predicted molar refractivity (Wildman–Crippen MR) is 115 cm³/mol. The monoisotopic (exact) mass is 385 g/mol. The normalized spacial score (nSPS) is 10.4. The van der Waals surface area contributed by atoms with Crippen LogP contribution in [0.5, 0.6) is 5.75 Å². The first kappa shape index (κ1) is 20.1. The number of anilines is 1. The number of amides is 1. The third-order valence-corrected chi connectivity index (χ3v) is 4.50. The SMILES string of the molecule is COc1ccc(-c2ccc(NC(=O)c3cccc(C#N)c3)cc2)cc1CN(C)C. The number of carbonyl (C=O) groups excluding carboxylic acids is 1. The summed E-state index contributed by atoms with van der Waals surface area (Å²) in [7, 11) is 5.73. The van der Waals surface area contributed by atoms with E-state index in [1.807, 2.05) is 56.6 Å². The molecule has 0 unspecified atom stereocenters. The van der Waals surface area contributed by atoms with Crippen LogP contribution in [0.2, 0.25) is 0 Å². The Labute approximate surface area is 171 Å². The zero-order chi connectivity index (χ0) is 20.8. The van der Waals surface area contributed by atoms with Gasteiger partial charge in [0.2, 0.25) is 0 Å². The van der Waals surface area contributed by atoms with Gasteiger partial charge in [0.05, 0.1) is 18.7 Å². The average Bonchev–Trinajstić information content (AvgIpc) is 2.74. The lowest BCUT2D eigenvalue weighted by Crippen LogP contribution is -2.12. The van der Waals surface area contributed by atoms with E-state index in [9.17, 15) is 4.79 Å². The maximum atomic E-state index is 12.4. The molecule has 0 radical (unpaired) electrons. The van der Waals surface area contributed by atoms with Gasteiger partial charge in [0, 0.05) is 23.4 Å². The molecule has 1 amide bonds. The summed E-state index contributed by atoms with van der Waals surface area (Å²) in [5, 5.41) is 11.8. The second-order valence-corrected chi connectivity index (χ2v) is 6.99. The van der Waals surface area contributed by atoms with E-state index in [1.165, 1.54) is 0 Å². The average molecular weight is 385 g/mol. The smallest absolute Gasteiger partial charge is 0.255 e. The van der Waals surface area contributed by atoms with Gasteiger partial charge in [-0.15, -0.1) is 0 Å². The highest BCUT2D eigenvalue weighted by Crippen LogP contribution is 2.28. The molecular formula is C24H23N3O2. The van der Waals surface area contributed by atoms with Crippen molar-refractivity contribution in [2.45, 2.75) is 6.54 Å². The number of nitrogens with zero attached hydrogens (tertiary/aromatic N) is 2. The molecule has 29 heavy (non-hydrogen) atoms. The molecule has 0 fully saturated rings. The van der Waals surface area contributed by atoms with Gasteiger partial charge >= 0.3 is 0 Å². The van der Waals surface area contributed by atoms with E-state index in [1.54, 1.807) is 31.4 Å². The molecule has 3 aromatic carbocycles. The molecular weight excluding hydrogens is 362 g/mol. The number of rotatable bonds is 6. The van der Waals surface area contributed by atoms with Crippen LogP contribution in [0.1, 0.15) is 21.5 Å². The van der Waals surface area contributed by atoms with E-state index in [0.29, 0.717) is 16.8 Å². The van der Waals surface area contributed by atoms with Crippen LogP contribution in [0.25, 0.3) is 11.1 Å². The van der Waals surface area contributed by atoms with Gasteiger partial charge in [0.1, 0.15) is 5.75 Å². The number of carbonyl (C=O) groups is 1. The van der Waals surface area contributed by atoms with Crippen LogP contribution < -0.4 is 10.1 Å². The van der Waals surface area contributed by atoms with Crippen LogP contribution in [-0.2, 0) is 6.54 Å². The largest absolute Gasteiger partial charge is 0.496 e. The third kappa shape index (κ3) is 5.01. The fraction of sp³-hybridized carbons (Fsp3) is 0.167. The minimum absolute atomic E-state index is 0.243. The van der Waals surface area contributed by atoms with Crippen LogP contribution in [0, 0.1) is 11.3 Å². The first-order valence-electron chi connectivity index (χ1n) is 9.24. The van der Waals surface area contributed by atoms with E-state index in [4.69, 9.17) is 10.00 Å². The Morgan fingerprint density at radius 3 is 2.41 bits per heavy atom. The molecule has 0 heterocycles. The molecule has 0 saturated heterocycles. The van der Waals surface area contributed by atoms with Crippen molar-refractivity contribution in [2.24, 2.45) is 0 Å². The van der Waals surface area contributed by atoms with E-state index in [0.717, 1.165) is 29.0 Å². The minimum atomic E-state index is -0.243. The van der Waals surface area contributed by atoms with Gasteiger partial charge in [0.15, 0.2) is 0 Å². The molecule has 5 heteroatoms. The van der Waals surface area contributed by atoms with Crippen LogP contribution in [0.4, 0.5) is 5.69 Å². The number of nitrogens with one attached hydrogen (secondary N) is 1. The molecule has 0 bridgehead atoms. The lowest BCUT2D eigenvalue weighted by Gasteiger charge is -2.15. The van der Waals surface area contributed by atoms with Crippen molar-refractivity contribution in [1.82, 2.24) is 4.90 Å². The fourth-order valence-corrected chi connectivity index (χ4v) is 3.10. The zero-order valence-corrected chi connectivity index (χ0v) is 16.8. The Bertz CT molecular complexity index is 1050. The maximum Gasteiger partial charge on any atom is 0.255 e. The minimum Gasteiger partial charge on any atom is -0.496 e. The van der Waals surface area contributed by atoms with Crippen molar-refractivity contribution in [1.29, 1.82) is 5.26 Å². The van der Waals surface area contributed by atoms with E-state index in [-0.39, 0.29) is 5.91 Å². The predicted octanol–water partition coefficient (Wildman–Crippen LogP) is 4.55. The summed E-state index contributed by atoms with van der Waals surface area (Å²) in [4.78, 5) is 14.5. The van der Waals surface area contributed by atoms with Gasteiger partial charge in [-0.25, -0.2) is 0 Å². The van der Waals surface area contributed by atoms with Gasteiger partial charge in [-0.05, 0) is 67.7 Å². The molecule has 0 aliphatic rings. The number of hydrogen-bond donors (Lipinski definition) is 1. The Kier molecular flexibility index (Phi) is 6.28. The Balaban J connectivity index is 1.78. The lowest BCUT2D eigenvalue weighted by atomic mass is 10.0. The van der Waals surface area contributed by atoms with Crippen molar-refractivity contribution in [3.05, 3.63) is 83.4 Å². The summed E-state index contributed by atoms with van der Waals surface area (Å²) < 4.78 is 5.46. The molecule has 3 aromatic rings. The molecule has 0 atom stereocenters. The number of benzene rings is 3. The summed E-state index contributed by atoms with van der Waals surface area (Å²) in [5.74, 6) is 0.624. The molecule has 0 spiro atoms. The van der Waals surface area contributed by atoms with Crippen LogP contribution in [0.15, 0.2) is 66.7 Å². The number of hydrogen-bond acceptors (Lipinski definition) is 4. The van der Waals surface area contributed by atoms with E-state index < -0.39 is 0 Å². The highest BCUT2D eigenvalue weighted by molar-refractivity contribution is 6.04. The number of ether oxygens (including phenoxy) is 1. The second kappa shape index (κ2) is 9.05. The summed E-state index contributed by atoms with van der Waals surface area (Å²) in [6.45, 7) is 0.785. The van der Waals surface area contributed by atoms with Gasteiger partial charge < -0.3 is 15.0 Å². The highest BCUT2D eigenvalue weighted by atomic mass is 16.5. The van der Waals surface area contributed by atoms with Crippen LogP contribution >= 0.6 is 0 Å². The molecule has 1 N–H and O–H groups in total. The van der Waals surface area contributed by atoms with Crippen LogP contribution in [-0.4, -0.2) is 32.0 Å². The molecule has 0 aliphatic carbocycles. The Hall–Kier alpha value is -3.62. The highest BCUT2D eigenvalue weighted by Gasteiger charge is 2.09. The molecule has 0 saturated carbocycles. The molecule has 3 rings (SSSR count). The van der Waals surface area contributed by atoms with Gasteiger partial charge in [0.25, 0.3) is 5.91 Å². The first-order valence-corrected chi connectivity index (χ1v) is 9.24. The van der Waals surface area contributed by atoms with Gasteiger partial charge in [-0.1, -0.05) is 24.3 Å². The zero-order valence-electron chi connectivity index (χ0n) is 16.8. The van der Waals surface area contributed by atoms with Crippen LogP contribution in [0.3, 0.4) is 0 Å². The third-order valence-electron chi connectivity index (χ3n) is 4.50. The fourth-order valence-electron chi connectivity index (χ4n) is 3.10. The summed E-state index contributed by atoms with van der Waals surface area (Å²) in [5.41, 5.74) is 4.87. The topological polar surface area (TPSA) is 65.4 Å². The molecule has 146 valence electrons. The number of methoxy groups -OCH3 is 1. The van der Waals surface area contributed by atoms with Crippen molar-refractivity contribution < 1.29 is 9.53 Å². The summed E-state index contributed by atoms with van der Waals surface area (Å²) >= 11 is 0. The van der Waals surface area contributed by atoms with Gasteiger partial charge in [-0.3, -0.25) is 4.79 Å². The standard InChI is InChI=1S/C24H23N3O2/c1-27(2)16-21-14-19(9-12-23(21)29-3)18-7-10-22(11-8-18)26-24(28)20-6-4-5-17(13-20)15-25/h4-14H,16H2,1-3H3,(H,26,28). The van der Waals surface area contributed by atoms with E-state index >= 15 is 0 Å². The lowest BCUT2D eigenvalue weighted by molar-refractivity contribution is 0.102. The first-order chi connectivity index (χ1) is 14.0. The maximum absolute atomic E-state index is 12.4. The molecule has 0 aromatic heterocycles. The van der Waals surface area contributed by atoms with Gasteiger partial charge in [-0.2, -0.15) is 5.26 Å². The second-order valence-electron chi connectivity index (χ2n) is 6.99.